The molecule has 1 heterocycles. The lowest BCUT2D eigenvalue weighted by Gasteiger charge is -2.04. The zero-order valence-electron chi connectivity index (χ0n) is 9.47. The van der Waals surface area contributed by atoms with Gasteiger partial charge >= 0.3 is 5.97 Å². The van der Waals surface area contributed by atoms with Crippen molar-refractivity contribution in [3.05, 3.63) is 18.5 Å². The molecule has 0 fully saturated rings. The Bertz CT molecular complexity index is 376. The molecular weight excluding hydrogens is 226 g/mol. The maximum absolute atomic E-state index is 11.2. The molecular formula is C10H15N3O2S. The summed E-state index contributed by atoms with van der Waals surface area (Å²) in [5, 5.41) is 8.65. The van der Waals surface area contributed by atoms with Crippen LogP contribution in [-0.4, -0.2) is 33.1 Å². The predicted octanol–water partition coefficient (Wildman–Crippen LogP) is 1.43. The van der Waals surface area contributed by atoms with Gasteiger partial charge in [0.15, 0.2) is 5.16 Å². The fourth-order valence-corrected chi connectivity index (χ4v) is 1.93. The van der Waals surface area contributed by atoms with E-state index in [2.05, 4.69) is 16.8 Å². The molecule has 5 nitrogen and oxygen atoms in total. The maximum atomic E-state index is 11.2. The molecule has 0 saturated carbocycles. The lowest BCUT2D eigenvalue weighted by Crippen LogP contribution is -2.08. The van der Waals surface area contributed by atoms with E-state index in [0.29, 0.717) is 18.3 Å². The van der Waals surface area contributed by atoms with Gasteiger partial charge < -0.3 is 9.30 Å². The number of allylic oxidation sites excluding steroid dienone is 1. The molecule has 1 aromatic rings. The number of aromatic nitrogens is 3. The van der Waals surface area contributed by atoms with E-state index in [-0.39, 0.29) is 11.7 Å². The molecule has 6 heteroatoms. The Labute approximate surface area is 98.9 Å². The molecule has 0 aliphatic heterocycles. The second kappa shape index (κ2) is 6.32. The van der Waals surface area contributed by atoms with Gasteiger partial charge in [-0.2, -0.15) is 0 Å². The van der Waals surface area contributed by atoms with E-state index in [1.165, 1.54) is 11.8 Å². The van der Waals surface area contributed by atoms with Gasteiger partial charge in [-0.15, -0.1) is 16.8 Å². The molecule has 16 heavy (non-hydrogen) atoms. The predicted molar refractivity (Wildman–Crippen MR) is 62.3 cm³/mol. The molecule has 0 N–H and O–H groups in total. The summed E-state index contributed by atoms with van der Waals surface area (Å²) in [4.78, 5) is 11.2. The molecule has 0 atom stereocenters. The average molecular weight is 241 g/mol. The van der Waals surface area contributed by atoms with Crippen molar-refractivity contribution in [1.29, 1.82) is 0 Å². The third-order valence-electron chi connectivity index (χ3n) is 1.84. The molecule has 0 aliphatic carbocycles. The number of ether oxygens (including phenoxy) is 1. The van der Waals surface area contributed by atoms with Crippen LogP contribution in [0.5, 0.6) is 0 Å². The van der Waals surface area contributed by atoms with Crippen LogP contribution in [0.3, 0.4) is 0 Å². The number of hydrogen-bond acceptors (Lipinski definition) is 5. The van der Waals surface area contributed by atoms with Gasteiger partial charge in [-0.1, -0.05) is 17.8 Å². The number of thioether (sulfide) groups is 1. The minimum absolute atomic E-state index is 0.238. The largest absolute Gasteiger partial charge is 0.465 e. The summed E-state index contributed by atoms with van der Waals surface area (Å²) in [6.07, 6.45) is 1.77. The number of rotatable bonds is 6. The monoisotopic (exact) mass is 241 g/mol. The van der Waals surface area contributed by atoms with E-state index >= 15 is 0 Å². The first kappa shape index (κ1) is 12.8. The van der Waals surface area contributed by atoms with Gasteiger partial charge in [0.2, 0.25) is 0 Å². The highest BCUT2D eigenvalue weighted by Gasteiger charge is 2.10. The van der Waals surface area contributed by atoms with E-state index in [1.54, 1.807) is 13.0 Å². The number of carbonyl (C=O) groups is 1. The lowest BCUT2D eigenvalue weighted by atomic mass is 10.6. The number of esters is 1. The Balaban J connectivity index is 2.59. The molecule has 88 valence electrons. The molecule has 0 aliphatic rings. The highest BCUT2D eigenvalue weighted by Crippen LogP contribution is 2.16. The molecule has 1 aromatic heterocycles. The average Bonchev–Trinajstić information content (AvgIpc) is 2.59. The molecule has 0 spiro atoms. The summed E-state index contributed by atoms with van der Waals surface area (Å²) in [5.74, 6) is 0.827. The first-order chi connectivity index (χ1) is 7.69. The quantitative estimate of drug-likeness (QED) is 0.428. The SMILES string of the molecule is C=CCn1c(C)nnc1SCC(=O)OCC. The third-order valence-corrected chi connectivity index (χ3v) is 2.78. The van der Waals surface area contributed by atoms with Gasteiger partial charge in [-0.05, 0) is 13.8 Å². The van der Waals surface area contributed by atoms with Gasteiger partial charge in [0.05, 0.1) is 12.4 Å². The van der Waals surface area contributed by atoms with E-state index in [1.807, 2.05) is 11.5 Å². The molecule has 0 unspecified atom stereocenters. The Morgan fingerprint density at radius 3 is 3.00 bits per heavy atom. The summed E-state index contributed by atoms with van der Waals surface area (Å²) in [6.45, 7) is 8.36. The second-order valence-electron chi connectivity index (χ2n) is 3.02. The van der Waals surface area contributed by atoms with Crippen LogP contribution in [0.1, 0.15) is 12.7 Å². The summed E-state index contributed by atoms with van der Waals surface area (Å²) >= 11 is 1.32. The summed E-state index contributed by atoms with van der Waals surface area (Å²) in [5.41, 5.74) is 0. The van der Waals surface area contributed by atoms with Crippen LogP contribution in [0.4, 0.5) is 0 Å². The van der Waals surface area contributed by atoms with E-state index in [4.69, 9.17) is 4.74 Å². The van der Waals surface area contributed by atoms with Gasteiger partial charge in [0, 0.05) is 6.54 Å². The van der Waals surface area contributed by atoms with Gasteiger partial charge in [0.25, 0.3) is 0 Å². The van der Waals surface area contributed by atoms with E-state index in [0.717, 1.165) is 5.82 Å². The summed E-state index contributed by atoms with van der Waals surface area (Å²) in [7, 11) is 0. The number of nitrogens with zero attached hydrogens (tertiary/aromatic N) is 3. The minimum Gasteiger partial charge on any atom is -0.465 e. The molecule has 0 amide bonds. The Morgan fingerprint density at radius 1 is 1.62 bits per heavy atom. The van der Waals surface area contributed by atoms with Crippen LogP contribution in [0.25, 0.3) is 0 Å². The zero-order chi connectivity index (χ0) is 12.0. The molecule has 0 saturated heterocycles. The van der Waals surface area contributed by atoms with Crippen molar-refractivity contribution in [3.63, 3.8) is 0 Å². The Morgan fingerprint density at radius 2 is 2.38 bits per heavy atom. The first-order valence-electron chi connectivity index (χ1n) is 4.98. The maximum Gasteiger partial charge on any atom is 0.316 e. The Kier molecular flexibility index (Phi) is 5.04. The fourth-order valence-electron chi connectivity index (χ4n) is 1.13. The van der Waals surface area contributed by atoms with Crippen molar-refractivity contribution in [3.8, 4) is 0 Å². The Hall–Kier alpha value is -1.30. The first-order valence-corrected chi connectivity index (χ1v) is 5.96. The van der Waals surface area contributed by atoms with Crippen LogP contribution in [0.15, 0.2) is 17.8 Å². The van der Waals surface area contributed by atoms with Crippen molar-refractivity contribution in [2.45, 2.75) is 25.5 Å². The van der Waals surface area contributed by atoms with Crippen molar-refractivity contribution in [1.82, 2.24) is 14.8 Å². The highest BCUT2D eigenvalue weighted by molar-refractivity contribution is 7.99. The fraction of sp³-hybridized carbons (Fsp3) is 0.500. The van der Waals surface area contributed by atoms with Crippen LogP contribution < -0.4 is 0 Å². The highest BCUT2D eigenvalue weighted by atomic mass is 32.2. The van der Waals surface area contributed by atoms with Gasteiger partial charge in [-0.25, -0.2) is 0 Å². The van der Waals surface area contributed by atoms with E-state index < -0.39 is 0 Å². The van der Waals surface area contributed by atoms with Crippen molar-refractivity contribution in [2.75, 3.05) is 12.4 Å². The third kappa shape index (κ3) is 3.37. The smallest absolute Gasteiger partial charge is 0.316 e. The lowest BCUT2D eigenvalue weighted by molar-refractivity contribution is -0.139. The molecule has 0 bridgehead atoms. The molecule has 0 radical (unpaired) electrons. The van der Waals surface area contributed by atoms with Crippen LogP contribution in [0, 0.1) is 6.92 Å². The van der Waals surface area contributed by atoms with E-state index in [9.17, 15) is 4.79 Å². The number of carbonyl (C=O) groups excluding carboxylic acids is 1. The normalized spacial score (nSPS) is 10.1. The van der Waals surface area contributed by atoms with Crippen molar-refractivity contribution in [2.24, 2.45) is 0 Å². The summed E-state index contributed by atoms with van der Waals surface area (Å²) in [6, 6.07) is 0. The standard InChI is InChI=1S/C10H15N3O2S/c1-4-6-13-8(3)11-12-10(13)16-7-9(14)15-5-2/h4H,1,5-7H2,2-3H3. The number of aryl methyl sites for hydroxylation is 1. The van der Waals surface area contributed by atoms with Crippen LogP contribution in [0.2, 0.25) is 0 Å². The summed E-state index contributed by atoms with van der Waals surface area (Å²) < 4.78 is 6.73. The number of hydrogen-bond donors (Lipinski definition) is 0. The van der Waals surface area contributed by atoms with Crippen molar-refractivity contribution >= 4 is 17.7 Å². The van der Waals surface area contributed by atoms with Gasteiger partial charge in [-0.3, -0.25) is 4.79 Å². The molecule has 0 aromatic carbocycles. The van der Waals surface area contributed by atoms with Gasteiger partial charge in [0.1, 0.15) is 5.82 Å². The van der Waals surface area contributed by atoms with Crippen LogP contribution >= 0.6 is 11.8 Å². The minimum atomic E-state index is -0.238. The molecule has 1 rings (SSSR count). The topological polar surface area (TPSA) is 57.0 Å². The second-order valence-corrected chi connectivity index (χ2v) is 3.97. The zero-order valence-corrected chi connectivity index (χ0v) is 10.3. The van der Waals surface area contributed by atoms with Crippen molar-refractivity contribution < 1.29 is 9.53 Å². The van der Waals surface area contributed by atoms with Crippen LogP contribution in [-0.2, 0) is 16.1 Å².